The lowest BCUT2D eigenvalue weighted by atomic mass is 10.00. The van der Waals surface area contributed by atoms with E-state index in [2.05, 4.69) is 6.92 Å². The Balaban J connectivity index is 1.83. The summed E-state index contributed by atoms with van der Waals surface area (Å²) < 4.78 is 36.1. The number of methoxy groups -OCH3 is 1. The van der Waals surface area contributed by atoms with E-state index in [-0.39, 0.29) is 32.0 Å². The van der Waals surface area contributed by atoms with E-state index in [1.54, 1.807) is 31.4 Å². The van der Waals surface area contributed by atoms with Crippen LogP contribution in [-0.2, 0) is 14.8 Å². The number of hydrogen-bond acceptors (Lipinski definition) is 5. The highest BCUT2D eigenvalue weighted by molar-refractivity contribution is 7.88. The quantitative estimate of drug-likeness (QED) is 0.636. The van der Waals surface area contributed by atoms with Gasteiger partial charge >= 0.3 is 0 Å². The molecule has 1 aliphatic rings. The average molecular weight is 399 g/mol. The number of benzene rings is 1. The second-order valence-electron chi connectivity index (χ2n) is 7.02. The maximum absolute atomic E-state index is 12.4. The molecule has 1 unspecified atom stereocenters. The molecule has 1 aromatic rings. The topological polar surface area (TPSA) is 76.2 Å². The molecule has 1 aliphatic heterocycles. The fourth-order valence-electron chi connectivity index (χ4n) is 3.18. The fourth-order valence-corrected chi connectivity index (χ4v) is 4.00. The number of nitrogens with zero attached hydrogens (tertiary/aromatic N) is 2. The van der Waals surface area contributed by atoms with E-state index in [0.717, 1.165) is 37.9 Å². The zero-order valence-electron chi connectivity index (χ0n) is 16.4. The first-order valence-electron chi connectivity index (χ1n) is 9.29. The van der Waals surface area contributed by atoms with Crippen LogP contribution in [-0.4, -0.2) is 69.7 Å². The number of likely N-dealkylation sites (tertiary alicyclic amines) is 1. The third kappa shape index (κ3) is 7.03. The van der Waals surface area contributed by atoms with Crippen molar-refractivity contribution >= 4 is 15.9 Å². The zero-order valence-corrected chi connectivity index (χ0v) is 17.2. The molecule has 1 amide bonds. The van der Waals surface area contributed by atoms with Gasteiger partial charge in [-0.15, -0.1) is 0 Å². The Labute approximate surface area is 162 Å². The number of amides is 1. The van der Waals surface area contributed by atoms with Gasteiger partial charge in [0.1, 0.15) is 18.1 Å². The van der Waals surface area contributed by atoms with E-state index in [1.165, 1.54) is 4.31 Å². The summed E-state index contributed by atoms with van der Waals surface area (Å²) in [6.45, 7) is 4.26. The van der Waals surface area contributed by atoms with E-state index >= 15 is 0 Å². The molecular formula is C19H30N2O5S. The Bertz CT molecular complexity index is 705. The van der Waals surface area contributed by atoms with Crippen molar-refractivity contribution in [3.8, 4) is 11.5 Å². The first kappa shape index (κ1) is 21.5. The van der Waals surface area contributed by atoms with Gasteiger partial charge in [-0.25, -0.2) is 8.42 Å². The summed E-state index contributed by atoms with van der Waals surface area (Å²) in [4.78, 5) is 14.2. The maximum atomic E-state index is 12.4. The molecule has 7 nitrogen and oxygen atoms in total. The molecule has 0 saturated carbocycles. The number of rotatable bonds is 9. The van der Waals surface area contributed by atoms with Crippen LogP contribution < -0.4 is 9.47 Å². The normalized spacial score (nSPS) is 17.8. The minimum absolute atomic E-state index is 0.0197. The smallest absolute Gasteiger partial charge is 0.223 e. The number of carbonyl (C=O) groups is 1. The van der Waals surface area contributed by atoms with E-state index in [4.69, 9.17) is 9.47 Å². The van der Waals surface area contributed by atoms with Crippen LogP contribution in [0.1, 0.15) is 26.2 Å². The predicted octanol–water partition coefficient (Wildman–Crippen LogP) is 1.98. The minimum atomic E-state index is -3.40. The summed E-state index contributed by atoms with van der Waals surface area (Å²) >= 11 is 0. The molecule has 2 rings (SSSR count). The lowest BCUT2D eigenvalue weighted by Crippen LogP contribution is -2.42. The van der Waals surface area contributed by atoms with Crippen LogP contribution in [0, 0.1) is 5.92 Å². The molecule has 0 radical (unpaired) electrons. The van der Waals surface area contributed by atoms with Crippen molar-refractivity contribution in [1.29, 1.82) is 0 Å². The van der Waals surface area contributed by atoms with Gasteiger partial charge in [0.05, 0.1) is 13.4 Å². The molecule has 0 aliphatic carbocycles. The molecule has 1 atom stereocenters. The first-order chi connectivity index (χ1) is 12.8. The van der Waals surface area contributed by atoms with Crippen LogP contribution in [0.25, 0.3) is 0 Å². The van der Waals surface area contributed by atoms with Gasteiger partial charge in [0.25, 0.3) is 0 Å². The van der Waals surface area contributed by atoms with Crippen molar-refractivity contribution in [3.05, 3.63) is 24.3 Å². The second-order valence-corrected chi connectivity index (χ2v) is 9.01. The van der Waals surface area contributed by atoms with E-state index in [0.29, 0.717) is 11.7 Å². The molecule has 0 aromatic heterocycles. The summed E-state index contributed by atoms with van der Waals surface area (Å²) in [5.74, 6) is 1.89. The van der Waals surface area contributed by atoms with Gasteiger partial charge in [-0.3, -0.25) is 4.79 Å². The van der Waals surface area contributed by atoms with Crippen molar-refractivity contribution in [3.63, 3.8) is 0 Å². The minimum Gasteiger partial charge on any atom is -0.497 e. The van der Waals surface area contributed by atoms with Crippen molar-refractivity contribution in [1.82, 2.24) is 9.21 Å². The third-order valence-electron chi connectivity index (χ3n) is 4.72. The summed E-state index contributed by atoms with van der Waals surface area (Å²) in [7, 11) is -1.82. The van der Waals surface area contributed by atoms with Gasteiger partial charge in [0, 0.05) is 32.6 Å². The van der Waals surface area contributed by atoms with Crippen LogP contribution in [0.3, 0.4) is 0 Å². The lowest BCUT2D eigenvalue weighted by molar-refractivity contribution is -0.133. The lowest BCUT2D eigenvalue weighted by Gasteiger charge is -2.31. The molecule has 1 heterocycles. The molecule has 0 spiro atoms. The number of carbonyl (C=O) groups excluding carboxylic acids is 1. The highest BCUT2D eigenvalue weighted by Gasteiger charge is 2.23. The van der Waals surface area contributed by atoms with E-state index in [1.807, 2.05) is 4.90 Å². The van der Waals surface area contributed by atoms with Crippen molar-refractivity contribution in [2.24, 2.45) is 5.92 Å². The Morgan fingerprint density at radius 1 is 1.22 bits per heavy atom. The summed E-state index contributed by atoms with van der Waals surface area (Å²) in [5.41, 5.74) is 0. The largest absolute Gasteiger partial charge is 0.497 e. The van der Waals surface area contributed by atoms with Gasteiger partial charge in [0.15, 0.2) is 0 Å². The fraction of sp³-hybridized carbons (Fsp3) is 0.632. The molecule has 1 fully saturated rings. The van der Waals surface area contributed by atoms with Crippen LogP contribution >= 0.6 is 0 Å². The predicted molar refractivity (Wildman–Crippen MR) is 105 cm³/mol. The molecule has 8 heteroatoms. The Hall–Kier alpha value is -1.80. The van der Waals surface area contributed by atoms with Crippen molar-refractivity contribution < 1.29 is 22.7 Å². The van der Waals surface area contributed by atoms with Crippen LogP contribution in [0.4, 0.5) is 0 Å². The van der Waals surface area contributed by atoms with Gasteiger partial charge in [-0.2, -0.15) is 4.31 Å². The van der Waals surface area contributed by atoms with Gasteiger partial charge in [-0.05, 0) is 43.0 Å². The maximum Gasteiger partial charge on any atom is 0.223 e. The van der Waals surface area contributed by atoms with Gasteiger partial charge < -0.3 is 14.4 Å². The Morgan fingerprint density at radius 3 is 2.48 bits per heavy atom. The number of hydrogen-bond donors (Lipinski definition) is 0. The Morgan fingerprint density at radius 2 is 1.89 bits per heavy atom. The van der Waals surface area contributed by atoms with Crippen LogP contribution in [0.5, 0.6) is 11.5 Å². The zero-order chi connectivity index (χ0) is 19.9. The summed E-state index contributed by atoms with van der Waals surface area (Å²) in [5, 5.41) is 0. The SMILES string of the molecule is COc1ccc(OCCN(CCC(=O)N2CCCC(C)C2)S(C)(=O)=O)cc1. The monoisotopic (exact) mass is 398 g/mol. The standard InChI is InChI=1S/C19H30N2O5S/c1-16-5-4-11-20(15-16)19(22)10-12-21(27(3,23)24)13-14-26-18-8-6-17(25-2)7-9-18/h6-9,16H,4-5,10-15H2,1-3H3. The van der Waals surface area contributed by atoms with Crippen LogP contribution in [0.15, 0.2) is 24.3 Å². The van der Waals surface area contributed by atoms with Gasteiger partial charge in [-0.1, -0.05) is 6.92 Å². The number of ether oxygens (including phenoxy) is 2. The first-order valence-corrected chi connectivity index (χ1v) is 11.1. The Kier molecular flexibility index (Phi) is 7.91. The average Bonchev–Trinajstić information content (AvgIpc) is 2.63. The van der Waals surface area contributed by atoms with Gasteiger partial charge in [0.2, 0.25) is 15.9 Å². The number of piperidine rings is 1. The molecule has 1 aromatic carbocycles. The molecule has 0 bridgehead atoms. The molecule has 27 heavy (non-hydrogen) atoms. The number of sulfonamides is 1. The highest BCUT2D eigenvalue weighted by Crippen LogP contribution is 2.18. The van der Waals surface area contributed by atoms with E-state index < -0.39 is 10.0 Å². The molecule has 0 N–H and O–H groups in total. The van der Waals surface area contributed by atoms with Crippen molar-refractivity contribution in [2.45, 2.75) is 26.2 Å². The third-order valence-corrected chi connectivity index (χ3v) is 6.03. The van der Waals surface area contributed by atoms with Crippen molar-refractivity contribution in [2.75, 3.05) is 46.2 Å². The van der Waals surface area contributed by atoms with E-state index in [9.17, 15) is 13.2 Å². The summed E-state index contributed by atoms with van der Waals surface area (Å²) in [6.07, 6.45) is 3.51. The molecule has 152 valence electrons. The molecule has 1 saturated heterocycles. The molecular weight excluding hydrogens is 368 g/mol. The van der Waals surface area contributed by atoms with Crippen LogP contribution in [0.2, 0.25) is 0 Å². The second kappa shape index (κ2) is 9.94. The highest BCUT2D eigenvalue weighted by atomic mass is 32.2. The summed E-state index contributed by atoms with van der Waals surface area (Å²) in [6, 6.07) is 7.10.